The Labute approximate surface area is 102 Å². The van der Waals surface area contributed by atoms with Gasteiger partial charge in [0.1, 0.15) is 0 Å². The third-order valence-corrected chi connectivity index (χ3v) is 7.69. The zero-order valence-corrected chi connectivity index (χ0v) is 12.0. The van der Waals surface area contributed by atoms with Gasteiger partial charge in [0.2, 0.25) is 0 Å². The van der Waals surface area contributed by atoms with Gasteiger partial charge in [0, 0.05) is 19.3 Å². The summed E-state index contributed by atoms with van der Waals surface area (Å²) in [5, 5.41) is 0.470. The molecule has 0 saturated heterocycles. The first-order valence-corrected chi connectivity index (χ1v) is 8.41. The van der Waals surface area contributed by atoms with Crippen molar-refractivity contribution in [2.75, 3.05) is 14.2 Å². The molecule has 0 aliphatic heterocycles. The summed E-state index contributed by atoms with van der Waals surface area (Å²) in [6.07, 6.45) is 12.7. The maximum absolute atomic E-state index is 5.77. The highest BCUT2D eigenvalue weighted by Crippen LogP contribution is 2.56. The first-order valence-electron chi connectivity index (χ1n) is 6.89. The first kappa shape index (κ1) is 12.6. The molecule has 0 aromatic heterocycles. The Morgan fingerprint density at radius 2 is 1.44 bits per heavy atom. The highest BCUT2D eigenvalue weighted by atomic mass is 28.3. The van der Waals surface area contributed by atoms with E-state index >= 15 is 0 Å². The van der Waals surface area contributed by atoms with E-state index in [1.54, 1.807) is 0 Å². The zero-order valence-electron chi connectivity index (χ0n) is 10.8. The van der Waals surface area contributed by atoms with Crippen molar-refractivity contribution < 1.29 is 8.85 Å². The van der Waals surface area contributed by atoms with Crippen molar-refractivity contribution in [2.45, 2.75) is 62.8 Å². The summed E-state index contributed by atoms with van der Waals surface area (Å²) in [5.74, 6) is 0.907. The molecule has 94 valence electrons. The van der Waals surface area contributed by atoms with Crippen LogP contribution in [0.2, 0.25) is 5.04 Å². The van der Waals surface area contributed by atoms with E-state index in [0.717, 1.165) is 5.92 Å². The van der Waals surface area contributed by atoms with E-state index in [1.807, 2.05) is 14.2 Å². The fraction of sp³-hybridized carbons (Fsp3) is 1.00. The van der Waals surface area contributed by atoms with Crippen LogP contribution in [-0.4, -0.2) is 23.5 Å². The fourth-order valence-electron chi connectivity index (χ4n) is 4.11. The van der Waals surface area contributed by atoms with E-state index in [9.17, 15) is 0 Å². The van der Waals surface area contributed by atoms with Crippen molar-refractivity contribution >= 4 is 9.28 Å². The molecule has 2 aliphatic rings. The summed E-state index contributed by atoms with van der Waals surface area (Å²) in [6.45, 7) is 0. The van der Waals surface area contributed by atoms with Crippen LogP contribution >= 0.6 is 0 Å². The summed E-state index contributed by atoms with van der Waals surface area (Å²) >= 11 is 0. The molecular formula is C13H26O2Si. The third kappa shape index (κ3) is 2.22. The molecule has 0 amide bonds. The Bertz CT molecular complexity index is 200. The van der Waals surface area contributed by atoms with Gasteiger partial charge in [-0.15, -0.1) is 0 Å². The second kappa shape index (κ2) is 5.65. The minimum absolute atomic E-state index is 0.470. The molecule has 2 nitrogen and oxygen atoms in total. The molecule has 0 bridgehead atoms. The van der Waals surface area contributed by atoms with Gasteiger partial charge in [-0.2, -0.15) is 0 Å². The van der Waals surface area contributed by atoms with Gasteiger partial charge < -0.3 is 8.85 Å². The molecule has 2 fully saturated rings. The molecule has 0 spiro atoms. The molecule has 2 aliphatic carbocycles. The summed E-state index contributed by atoms with van der Waals surface area (Å²) in [5.41, 5.74) is 0. The van der Waals surface area contributed by atoms with Crippen LogP contribution in [0.25, 0.3) is 0 Å². The van der Waals surface area contributed by atoms with Crippen LogP contribution in [0.4, 0.5) is 0 Å². The van der Waals surface area contributed by atoms with Crippen LogP contribution < -0.4 is 0 Å². The Kier molecular flexibility index (Phi) is 4.45. The van der Waals surface area contributed by atoms with Gasteiger partial charge in [-0.3, -0.25) is 0 Å². The Morgan fingerprint density at radius 1 is 0.875 bits per heavy atom. The van der Waals surface area contributed by atoms with Gasteiger partial charge in [0.15, 0.2) is 0 Å². The van der Waals surface area contributed by atoms with Gasteiger partial charge >= 0.3 is 9.28 Å². The predicted molar refractivity (Wildman–Crippen MR) is 68.9 cm³/mol. The molecule has 0 N–H and O–H groups in total. The lowest BCUT2D eigenvalue weighted by molar-refractivity contribution is 0.167. The molecule has 16 heavy (non-hydrogen) atoms. The molecule has 2 rings (SSSR count). The number of hydrogen-bond donors (Lipinski definition) is 0. The minimum Gasteiger partial charge on any atom is -0.400 e. The topological polar surface area (TPSA) is 18.5 Å². The second-order valence-electron chi connectivity index (χ2n) is 5.58. The van der Waals surface area contributed by atoms with Crippen LogP contribution in [0, 0.1) is 5.92 Å². The second-order valence-corrected chi connectivity index (χ2v) is 8.34. The van der Waals surface area contributed by atoms with E-state index in [4.69, 9.17) is 8.85 Å². The van der Waals surface area contributed by atoms with Gasteiger partial charge in [-0.25, -0.2) is 0 Å². The van der Waals surface area contributed by atoms with Crippen molar-refractivity contribution in [3.8, 4) is 0 Å². The third-order valence-electron chi connectivity index (χ3n) is 4.85. The van der Waals surface area contributed by atoms with Crippen LogP contribution in [0.1, 0.15) is 57.8 Å². The van der Waals surface area contributed by atoms with E-state index in [-0.39, 0.29) is 0 Å². The molecule has 2 saturated carbocycles. The Hall–Kier alpha value is 0.137. The van der Waals surface area contributed by atoms with Crippen LogP contribution in [0.15, 0.2) is 0 Å². The highest BCUT2D eigenvalue weighted by Gasteiger charge is 2.49. The Morgan fingerprint density at radius 3 is 1.94 bits per heavy atom. The molecule has 0 radical (unpaired) electrons. The zero-order chi connectivity index (χ0) is 11.4. The normalized spacial score (nSPS) is 26.4. The Balaban J connectivity index is 2.15. The largest absolute Gasteiger partial charge is 0.400 e. The average Bonchev–Trinajstić information content (AvgIpc) is 2.86. The first-order chi connectivity index (χ1) is 7.83. The maximum atomic E-state index is 5.77. The summed E-state index contributed by atoms with van der Waals surface area (Å²) in [6, 6.07) is 0. The molecule has 0 heterocycles. The quantitative estimate of drug-likeness (QED) is 0.704. The molecule has 0 atom stereocenters. The maximum Gasteiger partial charge on any atom is 0.327 e. The lowest BCUT2D eigenvalue weighted by Crippen LogP contribution is -2.42. The van der Waals surface area contributed by atoms with Crippen LogP contribution in [0.3, 0.4) is 0 Å². The molecule has 0 aromatic rings. The standard InChI is InChI=1S/C13H26O2Si/c1-14-16(15-2)13(10-6-3-7-11-13)12-8-4-5-9-12/h12,16H,3-11H2,1-2H3. The highest BCUT2D eigenvalue weighted by molar-refractivity contribution is 6.48. The molecule has 0 aromatic carbocycles. The van der Waals surface area contributed by atoms with Gasteiger partial charge in [-0.1, -0.05) is 44.9 Å². The monoisotopic (exact) mass is 242 g/mol. The average molecular weight is 242 g/mol. The van der Waals surface area contributed by atoms with Crippen LogP contribution in [-0.2, 0) is 8.85 Å². The molecular weight excluding hydrogens is 216 g/mol. The van der Waals surface area contributed by atoms with Crippen molar-refractivity contribution in [2.24, 2.45) is 5.92 Å². The van der Waals surface area contributed by atoms with Crippen LogP contribution in [0.5, 0.6) is 0 Å². The minimum atomic E-state index is -1.46. The number of rotatable bonds is 4. The lowest BCUT2D eigenvalue weighted by Gasteiger charge is -2.45. The predicted octanol–water partition coefficient (Wildman–Crippen LogP) is 3.39. The van der Waals surface area contributed by atoms with E-state index in [1.165, 1.54) is 57.8 Å². The van der Waals surface area contributed by atoms with Crippen molar-refractivity contribution in [1.29, 1.82) is 0 Å². The van der Waals surface area contributed by atoms with Crippen molar-refractivity contribution in [3.05, 3.63) is 0 Å². The molecule has 3 heteroatoms. The van der Waals surface area contributed by atoms with Gasteiger partial charge in [-0.05, 0) is 18.8 Å². The molecule has 0 unspecified atom stereocenters. The fourth-order valence-corrected chi connectivity index (χ4v) is 6.84. The van der Waals surface area contributed by atoms with E-state index in [2.05, 4.69) is 0 Å². The van der Waals surface area contributed by atoms with E-state index in [0.29, 0.717) is 5.04 Å². The van der Waals surface area contributed by atoms with Gasteiger partial charge in [0.25, 0.3) is 0 Å². The number of hydrogen-bond acceptors (Lipinski definition) is 2. The van der Waals surface area contributed by atoms with E-state index < -0.39 is 9.28 Å². The van der Waals surface area contributed by atoms with Crippen molar-refractivity contribution in [3.63, 3.8) is 0 Å². The summed E-state index contributed by atoms with van der Waals surface area (Å²) in [4.78, 5) is 0. The summed E-state index contributed by atoms with van der Waals surface area (Å²) in [7, 11) is 2.27. The smallest absolute Gasteiger partial charge is 0.327 e. The lowest BCUT2D eigenvalue weighted by atomic mass is 9.78. The van der Waals surface area contributed by atoms with Crippen molar-refractivity contribution in [1.82, 2.24) is 0 Å². The summed E-state index contributed by atoms with van der Waals surface area (Å²) < 4.78 is 11.5. The SMILES string of the molecule is CO[SiH](OC)C1(C2CCCC2)CCCCC1. The van der Waals surface area contributed by atoms with Gasteiger partial charge in [0.05, 0.1) is 0 Å².